The maximum Gasteiger partial charge on any atom is 0.253 e. The monoisotopic (exact) mass is 547 g/mol. The summed E-state index contributed by atoms with van der Waals surface area (Å²) in [6.45, 7) is 8.60. The molecule has 0 bridgehead atoms. The highest BCUT2D eigenvalue weighted by Gasteiger charge is 2.28. The Bertz CT molecular complexity index is 1360. The van der Waals surface area contributed by atoms with Gasteiger partial charge >= 0.3 is 0 Å². The topological polar surface area (TPSA) is 71.8 Å². The molecule has 0 aliphatic carbocycles. The van der Waals surface area contributed by atoms with Crippen LogP contribution in [0.1, 0.15) is 47.3 Å². The van der Waals surface area contributed by atoms with Gasteiger partial charge in [0, 0.05) is 43.6 Å². The van der Waals surface area contributed by atoms with Crippen molar-refractivity contribution in [2.75, 3.05) is 31.6 Å². The highest BCUT2D eigenvalue weighted by atomic mass is 79.9. The van der Waals surface area contributed by atoms with Crippen molar-refractivity contribution in [1.82, 2.24) is 19.5 Å². The van der Waals surface area contributed by atoms with Crippen molar-refractivity contribution < 1.29 is 9.53 Å². The minimum atomic E-state index is 0.0732. The largest absolute Gasteiger partial charge is 0.493 e. The number of nitrogens with one attached hydrogen (secondary N) is 1. The molecule has 1 unspecified atom stereocenters. The zero-order valence-corrected chi connectivity index (χ0v) is 22.0. The predicted octanol–water partition coefficient (Wildman–Crippen LogP) is 5.55. The molecule has 0 saturated carbocycles. The van der Waals surface area contributed by atoms with E-state index in [-0.39, 0.29) is 11.8 Å². The molecule has 4 heterocycles. The summed E-state index contributed by atoms with van der Waals surface area (Å²) < 4.78 is 8.25. The highest BCUT2D eigenvalue weighted by molar-refractivity contribution is 9.10. The molecule has 5 rings (SSSR count). The van der Waals surface area contributed by atoms with Crippen LogP contribution >= 0.6 is 15.9 Å². The fourth-order valence-corrected chi connectivity index (χ4v) is 5.15. The number of nitrogens with zero attached hydrogens (tertiary/aromatic N) is 4. The number of carbonyl (C=O) groups excluding carboxylic acids is 1. The smallest absolute Gasteiger partial charge is 0.253 e. The second-order valence-electron chi connectivity index (χ2n) is 9.13. The Kier molecular flexibility index (Phi) is 7.23. The number of hydrogen-bond acceptors (Lipinski definition) is 5. The number of ether oxygens (including phenoxy) is 1. The van der Waals surface area contributed by atoms with Crippen molar-refractivity contribution in [3.8, 4) is 5.75 Å². The maximum absolute atomic E-state index is 13.4. The van der Waals surface area contributed by atoms with Gasteiger partial charge in [0.05, 0.1) is 23.0 Å². The van der Waals surface area contributed by atoms with Crippen LogP contribution in [0.3, 0.4) is 0 Å². The summed E-state index contributed by atoms with van der Waals surface area (Å²) in [5, 5.41) is 7.99. The number of anilines is 1. The normalized spacial score (nSPS) is 17.9. The van der Waals surface area contributed by atoms with E-state index in [4.69, 9.17) is 9.72 Å². The highest BCUT2D eigenvalue weighted by Crippen LogP contribution is 2.31. The molecule has 8 heteroatoms. The molecule has 186 valence electrons. The van der Waals surface area contributed by atoms with Crippen LogP contribution in [0.5, 0.6) is 5.75 Å². The number of hydrogen-bond donors (Lipinski definition) is 1. The van der Waals surface area contributed by atoms with Gasteiger partial charge in [-0.15, -0.1) is 0 Å². The fraction of sp³-hybridized carbons (Fsp3) is 0.321. The van der Waals surface area contributed by atoms with Crippen LogP contribution in [0.25, 0.3) is 5.65 Å². The lowest BCUT2D eigenvalue weighted by Gasteiger charge is -2.33. The third-order valence-electron chi connectivity index (χ3n) is 6.75. The van der Waals surface area contributed by atoms with Crippen LogP contribution in [0.15, 0.2) is 71.4 Å². The van der Waals surface area contributed by atoms with E-state index in [1.807, 2.05) is 58.8 Å². The van der Waals surface area contributed by atoms with E-state index in [1.54, 1.807) is 6.20 Å². The Labute approximate surface area is 219 Å². The van der Waals surface area contributed by atoms with Gasteiger partial charge in [0.25, 0.3) is 5.91 Å². The summed E-state index contributed by atoms with van der Waals surface area (Å²) in [5.74, 6) is 1.97. The van der Waals surface area contributed by atoms with Gasteiger partial charge in [0.1, 0.15) is 11.6 Å². The van der Waals surface area contributed by atoms with E-state index in [0.29, 0.717) is 19.7 Å². The van der Waals surface area contributed by atoms with Crippen molar-refractivity contribution in [1.29, 1.82) is 0 Å². The van der Waals surface area contributed by atoms with E-state index in [1.165, 1.54) is 0 Å². The fourth-order valence-electron chi connectivity index (χ4n) is 4.81. The van der Waals surface area contributed by atoms with E-state index >= 15 is 0 Å². The summed E-state index contributed by atoms with van der Waals surface area (Å²) in [4.78, 5) is 20.3. The predicted molar refractivity (Wildman–Crippen MR) is 146 cm³/mol. The molecule has 0 radical (unpaired) electrons. The van der Waals surface area contributed by atoms with E-state index in [2.05, 4.69) is 39.0 Å². The third-order valence-corrected chi connectivity index (χ3v) is 7.31. The minimum Gasteiger partial charge on any atom is -0.493 e. The molecule has 0 spiro atoms. The van der Waals surface area contributed by atoms with Crippen LogP contribution < -0.4 is 10.1 Å². The Morgan fingerprint density at radius 2 is 2.25 bits per heavy atom. The molecule has 1 saturated heterocycles. The van der Waals surface area contributed by atoms with Crippen LogP contribution in [-0.4, -0.2) is 51.6 Å². The van der Waals surface area contributed by atoms with Gasteiger partial charge in [-0.2, -0.15) is 9.61 Å². The number of benzene rings is 1. The van der Waals surface area contributed by atoms with E-state index < -0.39 is 0 Å². The van der Waals surface area contributed by atoms with Gasteiger partial charge in [-0.05, 0) is 65.0 Å². The summed E-state index contributed by atoms with van der Waals surface area (Å²) >= 11 is 3.59. The molecule has 1 amide bonds. The van der Waals surface area contributed by atoms with Crippen molar-refractivity contribution in [3.63, 3.8) is 0 Å². The van der Waals surface area contributed by atoms with Gasteiger partial charge in [-0.3, -0.25) is 4.79 Å². The van der Waals surface area contributed by atoms with Crippen molar-refractivity contribution in [2.24, 2.45) is 0 Å². The number of amides is 1. The maximum atomic E-state index is 13.4. The molecule has 2 aliphatic rings. The molecular weight excluding hydrogens is 518 g/mol. The Morgan fingerprint density at radius 1 is 1.36 bits per heavy atom. The number of piperidine rings is 1. The average Bonchev–Trinajstić information content (AvgIpc) is 3.54. The number of halogens is 1. The summed E-state index contributed by atoms with van der Waals surface area (Å²) in [6, 6.07) is 7.85. The van der Waals surface area contributed by atoms with E-state index in [9.17, 15) is 4.79 Å². The number of likely N-dealkylation sites (tertiary alicyclic amines) is 1. The molecule has 1 aromatic carbocycles. The summed E-state index contributed by atoms with van der Waals surface area (Å²) in [7, 11) is 0. The van der Waals surface area contributed by atoms with Gasteiger partial charge < -0.3 is 15.0 Å². The quantitative estimate of drug-likeness (QED) is 0.393. The first kappa shape index (κ1) is 24.3. The summed E-state index contributed by atoms with van der Waals surface area (Å²) in [5.41, 5.74) is 4.64. The number of carbonyl (C=O) groups is 1. The lowest BCUT2D eigenvalue weighted by molar-refractivity contribution is 0.0706. The number of allylic oxidation sites excluding steroid dienone is 3. The van der Waals surface area contributed by atoms with Gasteiger partial charge in [-0.25, -0.2) is 4.98 Å². The van der Waals surface area contributed by atoms with E-state index in [0.717, 1.165) is 69.9 Å². The Balaban J connectivity index is 1.39. The Morgan fingerprint density at radius 3 is 3.08 bits per heavy atom. The molecule has 1 atom stereocenters. The standard InChI is InChI=1S/C28H30BrN5O2/c1-3-5-7-19(4-2)16-30-26-15-24(32-27-23(29)17-31-34(26)27)22-8-6-12-33(18-22)28(35)21-9-10-25-20(14-21)11-13-36-25/h3-5,7,9-10,14-15,17,22,30H,2,6,8,11-13,16,18H2,1H3/b5-3-,19-7+. The number of fused-ring (bicyclic) bond motifs is 2. The molecule has 1 N–H and O–H groups in total. The lowest BCUT2D eigenvalue weighted by atomic mass is 9.93. The molecule has 2 aliphatic heterocycles. The van der Waals surface area contributed by atoms with Gasteiger partial charge in [0.2, 0.25) is 0 Å². The molecule has 1 fully saturated rings. The Hall–Kier alpha value is -3.39. The average molecular weight is 548 g/mol. The first-order valence-corrected chi connectivity index (χ1v) is 13.1. The van der Waals surface area contributed by atoms with Gasteiger partial charge in [-0.1, -0.05) is 30.9 Å². The number of rotatable bonds is 7. The first-order valence-electron chi connectivity index (χ1n) is 12.3. The molecule has 2 aromatic heterocycles. The van der Waals surface area contributed by atoms with Crippen LogP contribution in [0, 0.1) is 0 Å². The summed E-state index contributed by atoms with van der Waals surface area (Å²) in [6.07, 6.45) is 12.4. The second kappa shape index (κ2) is 10.7. The molecule has 7 nitrogen and oxygen atoms in total. The minimum absolute atomic E-state index is 0.0732. The first-order chi connectivity index (χ1) is 17.6. The van der Waals surface area contributed by atoms with Crippen molar-refractivity contribution in [2.45, 2.75) is 32.1 Å². The molecular formula is C28H30BrN5O2. The molecule has 36 heavy (non-hydrogen) atoms. The third kappa shape index (κ3) is 4.95. The van der Waals surface area contributed by atoms with Crippen molar-refractivity contribution in [3.05, 3.63) is 88.2 Å². The van der Waals surface area contributed by atoms with Crippen LogP contribution in [0.4, 0.5) is 5.82 Å². The van der Waals surface area contributed by atoms with Crippen LogP contribution in [-0.2, 0) is 6.42 Å². The lowest BCUT2D eigenvalue weighted by Crippen LogP contribution is -2.39. The molecule has 3 aromatic rings. The van der Waals surface area contributed by atoms with Crippen LogP contribution in [0.2, 0.25) is 0 Å². The number of aromatic nitrogens is 3. The second-order valence-corrected chi connectivity index (χ2v) is 9.98. The zero-order valence-electron chi connectivity index (χ0n) is 20.4. The van der Waals surface area contributed by atoms with Gasteiger partial charge in [0.15, 0.2) is 5.65 Å². The zero-order chi connectivity index (χ0) is 25.1. The SMILES string of the molecule is C=C/C(=C\C=C/C)CNc1cc(C2CCCN(C(=O)c3ccc4c(c3)CCO4)C2)nc2c(Br)cnn12. The van der Waals surface area contributed by atoms with Crippen molar-refractivity contribution >= 4 is 33.3 Å².